The number of carbonyl (C=O) groups excluding carboxylic acids is 1. The lowest BCUT2D eigenvalue weighted by Gasteiger charge is -2.26. The molecule has 0 fully saturated rings. The van der Waals surface area contributed by atoms with Gasteiger partial charge in [-0.2, -0.15) is 0 Å². The van der Waals surface area contributed by atoms with Crippen LogP contribution in [0, 0.1) is 0 Å². The Bertz CT molecular complexity index is 1070. The minimum atomic E-state index is -1.25. The first-order chi connectivity index (χ1) is 14.1. The molecule has 0 spiro atoms. The number of rotatable bonds is 5. The molecule has 146 valence electrons. The molecule has 1 aliphatic rings. The summed E-state index contributed by atoms with van der Waals surface area (Å²) >= 11 is 0. The van der Waals surface area contributed by atoms with Crippen molar-refractivity contribution in [3.05, 3.63) is 78.4 Å². The third-order valence-corrected chi connectivity index (χ3v) is 5.00. The van der Waals surface area contributed by atoms with E-state index in [2.05, 4.69) is 15.0 Å². The number of aromatic nitrogens is 2. The number of benzene rings is 2. The van der Waals surface area contributed by atoms with E-state index in [1.165, 1.54) is 11.2 Å². The monoisotopic (exact) mass is 387 g/mol. The van der Waals surface area contributed by atoms with Crippen LogP contribution in [-0.2, 0) is 10.3 Å². The Morgan fingerprint density at radius 3 is 2.38 bits per heavy atom. The average Bonchev–Trinajstić information content (AvgIpc) is 3.00. The molecule has 1 unspecified atom stereocenters. The maximum absolute atomic E-state index is 13.4. The molecule has 0 bridgehead atoms. The molecule has 1 aliphatic heterocycles. The summed E-state index contributed by atoms with van der Waals surface area (Å²) in [6.07, 6.45) is 4.95. The topological polar surface area (TPSA) is 93.7 Å². The van der Waals surface area contributed by atoms with Crippen molar-refractivity contribution in [2.24, 2.45) is 10.7 Å². The molecule has 2 heterocycles. The zero-order valence-corrected chi connectivity index (χ0v) is 16.2. The van der Waals surface area contributed by atoms with Gasteiger partial charge in [-0.1, -0.05) is 30.3 Å². The van der Waals surface area contributed by atoms with Crippen molar-refractivity contribution in [3.63, 3.8) is 0 Å². The Labute approximate surface area is 168 Å². The fraction of sp³-hybridized carbons (Fsp3) is 0.182. The number of ether oxygens (including phenoxy) is 1. The minimum absolute atomic E-state index is 0.178. The molecule has 1 aromatic heterocycles. The fourth-order valence-electron chi connectivity index (χ4n) is 3.52. The van der Waals surface area contributed by atoms with Gasteiger partial charge in [-0.05, 0) is 41.8 Å². The molecule has 29 heavy (non-hydrogen) atoms. The highest BCUT2D eigenvalue weighted by Gasteiger charge is 2.49. The summed E-state index contributed by atoms with van der Waals surface area (Å²) in [6.45, 7) is 2.49. The molecule has 0 aliphatic carbocycles. The SMILES string of the molecule is CCOc1ccc(C2(c3cccc(-c4cncnc4)c3)N=C(N)N(C)C2=O)cc1. The number of aliphatic imine (C=N–C) groups is 1. The van der Waals surface area contributed by atoms with Gasteiger partial charge in [-0.25, -0.2) is 15.0 Å². The highest BCUT2D eigenvalue weighted by atomic mass is 16.5. The second-order valence-corrected chi connectivity index (χ2v) is 6.71. The summed E-state index contributed by atoms with van der Waals surface area (Å²) in [5.74, 6) is 0.704. The molecule has 0 saturated carbocycles. The number of carbonyl (C=O) groups is 1. The third kappa shape index (κ3) is 3.10. The molecular weight excluding hydrogens is 366 g/mol. The van der Waals surface area contributed by atoms with Gasteiger partial charge in [-0.3, -0.25) is 9.69 Å². The standard InChI is InChI=1S/C22H21N5O2/c1-3-29-19-9-7-17(8-10-19)22(20(28)27(2)21(23)26-22)18-6-4-5-15(11-18)16-12-24-14-25-13-16/h4-14H,3H2,1-2H3,(H2,23,26). The van der Waals surface area contributed by atoms with Gasteiger partial charge >= 0.3 is 0 Å². The Morgan fingerprint density at radius 1 is 1.03 bits per heavy atom. The maximum atomic E-state index is 13.4. The van der Waals surface area contributed by atoms with Crippen molar-refractivity contribution in [2.75, 3.05) is 13.7 Å². The van der Waals surface area contributed by atoms with Crippen LogP contribution in [0.25, 0.3) is 11.1 Å². The zero-order chi connectivity index (χ0) is 20.4. The molecule has 1 atom stereocenters. The molecule has 2 N–H and O–H groups in total. The van der Waals surface area contributed by atoms with Crippen LogP contribution in [0.3, 0.4) is 0 Å². The van der Waals surface area contributed by atoms with Crippen molar-refractivity contribution >= 4 is 11.9 Å². The Hall–Kier alpha value is -3.74. The smallest absolute Gasteiger partial charge is 0.266 e. The summed E-state index contributed by atoms with van der Waals surface area (Å²) in [4.78, 5) is 27.6. The molecule has 7 heteroatoms. The lowest BCUT2D eigenvalue weighted by atomic mass is 9.82. The van der Waals surface area contributed by atoms with Gasteiger partial charge < -0.3 is 10.5 Å². The van der Waals surface area contributed by atoms with Crippen LogP contribution in [0.2, 0.25) is 0 Å². The van der Waals surface area contributed by atoms with E-state index >= 15 is 0 Å². The van der Waals surface area contributed by atoms with Crippen molar-refractivity contribution in [1.82, 2.24) is 14.9 Å². The van der Waals surface area contributed by atoms with Crippen LogP contribution in [0.1, 0.15) is 18.1 Å². The van der Waals surface area contributed by atoms with Gasteiger partial charge in [0.2, 0.25) is 0 Å². The summed E-state index contributed by atoms with van der Waals surface area (Å²) < 4.78 is 5.54. The van der Waals surface area contributed by atoms with Crippen LogP contribution >= 0.6 is 0 Å². The summed E-state index contributed by atoms with van der Waals surface area (Å²) in [5, 5.41) is 0. The van der Waals surface area contributed by atoms with Crippen LogP contribution in [0.4, 0.5) is 0 Å². The highest BCUT2D eigenvalue weighted by Crippen LogP contribution is 2.40. The molecule has 2 aromatic carbocycles. The van der Waals surface area contributed by atoms with E-state index in [1.807, 2.05) is 55.5 Å². The Morgan fingerprint density at radius 2 is 1.76 bits per heavy atom. The lowest BCUT2D eigenvalue weighted by molar-refractivity contribution is -0.129. The molecule has 0 radical (unpaired) electrons. The molecule has 1 amide bonds. The number of hydrogen-bond acceptors (Lipinski definition) is 6. The molecular formula is C22H21N5O2. The van der Waals surface area contributed by atoms with Gasteiger partial charge in [0.25, 0.3) is 5.91 Å². The van der Waals surface area contributed by atoms with Crippen molar-refractivity contribution in [1.29, 1.82) is 0 Å². The van der Waals surface area contributed by atoms with Crippen molar-refractivity contribution in [2.45, 2.75) is 12.5 Å². The molecule has 0 saturated heterocycles. The second-order valence-electron chi connectivity index (χ2n) is 6.71. The van der Waals surface area contributed by atoms with E-state index in [1.54, 1.807) is 19.4 Å². The van der Waals surface area contributed by atoms with Crippen LogP contribution in [-0.4, -0.2) is 40.4 Å². The predicted octanol–water partition coefficient (Wildman–Crippen LogP) is 2.57. The highest BCUT2D eigenvalue weighted by molar-refractivity contribution is 6.09. The number of amides is 1. The number of nitrogens with two attached hydrogens (primary N) is 1. The van der Waals surface area contributed by atoms with E-state index < -0.39 is 5.54 Å². The van der Waals surface area contributed by atoms with Gasteiger partial charge in [0.05, 0.1) is 6.61 Å². The van der Waals surface area contributed by atoms with Gasteiger partial charge in [-0.15, -0.1) is 0 Å². The Balaban J connectivity index is 1.88. The summed E-state index contributed by atoms with van der Waals surface area (Å²) in [6, 6.07) is 15.1. The van der Waals surface area contributed by atoms with E-state index in [0.717, 1.165) is 28.0 Å². The first kappa shape index (κ1) is 18.6. The molecule has 4 rings (SSSR count). The number of guanidine groups is 1. The predicted molar refractivity (Wildman–Crippen MR) is 110 cm³/mol. The quantitative estimate of drug-likeness (QED) is 0.726. The first-order valence-corrected chi connectivity index (χ1v) is 9.29. The van der Waals surface area contributed by atoms with Gasteiger partial charge in [0, 0.05) is 25.0 Å². The Kier molecular flexibility index (Phi) is 4.72. The zero-order valence-electron chi connectivity index (χ0n) is 16.2. The van der Waals surface area contributed by atoms with Crippen LogP contribution in [0.15, 0.2) is 72.2 Å². The molecule has 3 aromatic rings. The average molecular weight is 387 g/mol. The summed E-state index contributed by atoms with van der Waals surface area (Å²) in [7, 11) is 1.63. The number of nitrogens with zero attached hydrogens (tertiary/aromatic N) is 4. The second kappa shape index (κ2) is 7.35. The minimum Gasteiger partial charge on any atom is -0.494 e. The van der Waals surface area contributed by atoms with Crippen LogP contribution in [0.5, 0.6) is 5.75 Å². The van der Waals surface area contributed by atoms with E-state index in [-0.39, 0.29) is 11.9 Å². The summed E-state index contributed by atoms with van der Waals surface area (Å²) in [5.41, 5.74) is 7.99. The van der Waals surface area contributed by atoms with Gasteiger partial charge in [0.1, 0.15) is 12.1 Å². The normalized spacial score (nSPS) is 18.6. The largest absolute Gasteiger partial charge is 0.494 e. The van der Waals surface area contributed by atoms with E-state index in [0.29, 0.717) is 6.61 Å². The van der Waals surface area contributed by atoms with E-state index in [9.17, 15) is 4.79 Å². The van der Waals surface area contributed by atoms with Gasteiger partial charge in [0.15, 0.2) is 11.5 Å². The van der Waals surface area contributed by atoms with Crippen LogP contribution < -0.4 is 10.5 Å². The van der Waals surface area contributed by atoms with E-state index in [4.69, 9.17) is 10.5 Å². The lowest BCUT2D eigenvalue weighted by Crippen LogP contribution is -2.41. The first-order valence-electron chi connectivity index (χ1n) is 9.29. The molecule has 7 nitrogen and oxygen atoms in total. The van der Waals surface area contributed by atoms with Crippen molar-refractivity contribution in [3.8, 4) is 16.9 Å². The number of hydrogen-bond donors (Lipinski definition) is 1. The third-order valence-electron chi connectivity index (χ3n) is 5.00. The maximum Gasteiger partial charge on any atom is 0.266 e. The fourth-order valence-corrected chi connectivity index (χ4v) is 3.52. The van der Waals surface area contributed by atoms with Crippen molar-refractivity contribution < 1.29 is 9.53 Å². The number of likely N-dealkylation sites (N-methyl/N-ethyl adjacent to an activating group) is 1.